The summed E-state index contributed by atoms with van der Waals surface area (Å²) in [5.41, 5.74) is 1.11. The summed E-state index contributed by atoms with van der Waals surface area (Å²) in [6.07, 6.45) is 4.27. The first-order valence-corrected chi connectivity index (χ1v) is 10.3. The molecule has 6 nitrogen and oxygen atoms in total. The molecule has 1 aromatic rings. The lowest BCUT2D eigenvalue weighted by Gasteiger charge is -2.16. The summed E-state index contributed by atoms with van der Waals surface area (Å²) in [4.78, 5) is 23.4. The van der Waals surface area contributed by atoms with Crippen molar-refractivity contribution in [3.8, 4) is 5.75 Å². The van der Waals surface area contributed by atoms with Gasteiger partial charge in [0.2, 0.25) is 5.91 Å². The van der Waals surface area contributed by atoms with Gasteiger partial charge in [0.1, 0.15) is 5.75 Å². The average molecular weight is 378 g/mol. The van der Waals surface area contributed by atoms with Gasteiger partial charge in [-0.15, -0.1) is 0 Å². The Morgan fingerprint density at radius 1 is 1.31 bits per heavy atom. The fourth-order valence-electron chi connectivity index (χ4n) is 3.61. The minimum Gasteiger partial charge on any atom is -0.496 e. The molecular formula is C19H27N3O3S. The second kappa shape index (κ2) is 9.16. The maximum atomic E-state index is 12.0. The van der Waals surface area contributed by atoms with Crippen molar-refractivity contribution in [2.45, 2.75) is 49.4 Å². The number of urea groups is 1. The Bertz CT molecular complexity index is 640. The quantitative estimate of drug-likeness (QED) is 0.455. The molecule has 26 heavy (non-hydrogen) atoms. The number of methoxy groups -OCH3 is 1. The van der Waals surface area contributed by atoms with Crippen LogP contribution in [-0.4, -0.2) is 48.7 Å². The highest BCUT2D eigenvalue weighted by molar-refractivity contribution is 8.00. The molecule has 0 radical (unpaired) electrons. The van der Waals surface area contributed by atoms with Crippen LogP contribution in [0.25, 0.3) is 0 Å². The number of carbonyl (C=O) groups excluding carboxylic acids is 2. The van der Waals surface area contributed by atoms with E-state index in [1.807, 2.05) is 36.0 Å². The van der Waals surface area contributed by atoms with Gasteiger partial charge in [-0.25, -0.2) is 4.79 Å². The molecule has 3 N–H and O–H groups in total. The molecule has 2 aliphatic heterocycles. The lowest BCUT2D eigenvalue weighted by Crippen LogP contribution is -2.36. The van der Waals surface area contributed by atoms with E-state index in [1.165, 1.54) is 0 Å². The van der Waals surface area contributed by atoms with Crippen molar-refractivity contribution in [1.29, 1.82) is 0 Å². The van der Waals surface area contributed by atoms with Crippen molar-refractivity contribution in [2.75, 3.05) is 19.4 Å². The number of hydrogen-bond donors (Lipinski definition) is 3. The number of benzene rings is 1. The van der Waals surface area contributed by atoms with Gasteiger partial charge in [-0.3, -0.25) is 4.79 Å². The van der Waals surface area contributed by atoms with Crippen LogP contribution in [0.5, 0.6) is 5.75 Å². The minimum absolute atomic E-state index is 0.0419. The molecule has 3 rings (SSSR count). The molecule has 3 atom stereocenters. The Kier molecular flexibility index (Phi) is 6.66. The van der Waals surface area contributed by atoms with Gasteiger partial charge >= 0.3 is 6.03 Å². The van der Waals surface area contributed by atoms with Crippen molar-refractivity contribution in [3.05, 3.63) is 29.8 Å². The van der Waals surface area contributed by atoms with Crippen LogP contribution in [-0.2, 0) is 11.2 Å². The molecule has 0 spiro atoms. The summed E-state index contributed by atoms with van der Waals surface area (Å²) in [5.74, 6) is 1.95. The predicted molar refractivity (Wildman–Crippen MR) is 104 cm³/mol. The Hall–Kier alpha value is -1.89. The van der Waals surface area contributed by atoms with E-state index in [0.29, 0.717) is 18.2 Å². The van der Waals surface area contributed by atoms with Gasteiger partial charge in [0.15, 0.2) is 0 Å². The summed E-state index contributed by atoms with van der Waals surface area (Å²) < 4.78 is 5.32. The van der Waals surface area contributed by atoms with Gasteiger partial charge in [-0.05, 0) is 30.9 Å². The molecular weight excluding hydrogens is 350 g/mol. The van der Waals surface area contributed by atoms with Crippen molar-refractivity contribution in [3.63, 3.8) is 0 Å². The maximum Gasteiger partial charge on any atom is 0.315 e. The Morgan fingerprint density at radius 3 is 3.00 bits per heavy atom. The van der Waals surface area contributed by atoms with E-state index < -0.39 is 0 Å². The second-order valence-corrected chi connectivity index (χ2v) is 8.05. The molecule has 0 aromatic heterocycles. The lowest BCUT2D eigenvalue weighted by atomic mass is 10.0. The third kappa shape index (κ3) is 4.84. The molecule has 2 saturated heterocycles. The number of ether oxygens (including phenoxy) is 1. The van der Waals surface area contributed by atoms with E-state index in [1.54, 1.807) is 7.11 Å². The Balaban J connectivity index is 1.28. The monoisotopic (exact) mass is 377 g/mol. The van der Waals surface area contributed by atoms with Gasteiger partial charge < -0.3 is 20.7 Å². The van der Waals surface area contributed by atoms with Crippen molar-refractivity contribution < 1.29 is 14.3 Å². The standard InChI is InChI=1S/C19H27N3O3S/c1-25-15-7-3-2-6-13(15)10-11-20-17(23)9-5-4-8-16-18-14(12-26-16)21-19(24)22-18/h2-3,6-7,14,16,18H,4-5,8-12H2,1H3,(H,20,23)(H2,21,22,24). The first-order valence-electron chi connectivity index (χ1n) is 9.24. The number of thioether (sulfide) groups is 1. The molecule has 0 aliphatic carbocycles. The molecule has 142 valence electrons. The van der Waals surface area contributed by atoms with Crippen molar-refractivity contribution in [1.82, 2.24) is 16.0 Å². The number of carbonyl (C=O) groups is 2. The highest BCUT2D eigenvalue weighted by Gasteiger charge is 2.42. The first kappa shape index (κ1) is 18.9. The molecule has 7 heteroatoms. The van der Waals surface area contributed by atoms with Crippen LogP contribution in [0.3, 0.4) is 0 Å². The summed E-state index contributed by atoms with van der Waals surface area (Å²) >= 11 is 1.92. The summed E-state index contributed by atoms with van der Waals surface area (Å²) in [6.45, 7) is 0.624. The van der Waals surface area contributed by atoms with Gasteiger partial charge in [0.25, 0.3) is 0 Å². The van der Waals surface area contributed by atoms with E-state index in [4.69, 9.17) is 4.74 Å². The fraction of sp³-hybridized carbons (Fsp3) is 0.579. The molecule has 0 bridgehead atoms. The minimum atomic E-state index is -0.0419. The number of hydrogen-bond acceptors (Lipinski definition) is 4. The number of fused-ring (bicyclic) bond motifs is 1. The van der Waals surface area contributed by atoms with E-state index in [-0.39, 0.29) is 24.0 Å². The van der Waals surface area contributed by atoms with Gasteiger partial charge in [-0.2, -0.15) is 11.8 Å². The summed E-state index contributed by atoms with van der Waals surface area (Å²) in [7, 11) is 1.66. The molecule has 2 heterocycles. The Labute approximate surface area is 158 Å². The SMILES string of the molecule is COc1ccccc1CCNC(=O)CCCCC1SCC2NC(=O)NC21. The van der Waals surface area contributed by atoms with Crippen molar-refractivity contribution in [2.24, 2.45) is 0 Å². The zero-order valence-electron chi connectivity index (χ0n) is 15.1. The number of amides is 3. The largest absolute Gasteiger partial charge is 0.496 e. The summed E-state index contributed by atoms with van der Waals surface area (Å²) in [6, 6.07) is 8.36. The second-order valence-electron chi connectivity index (χ2n) is 6.78. The topological polar surface area (TPSA) is 79.5 Å². The van der Waals surface area contributed by atoms with Gasteiger partial charge in [0, 0.05) is 24.0 Å². The van der Waals surface area contributed by atoms with Crippen LogP contribution >= 0.6 is 11.8 Å². The zero-order valence-corrected chi connectivity index (χ0v) is 15.9. The molecule has 2 fully saturated rings. The third-order valence-electron chi connectivity index (χ3n) is 4.99. The van der Waals surface area contributed by atoms with Gasteiger partial charge in [0.05, 0.1) is 19.2 Å². The van der Waals surface area contributed by atoms with Crippen LogP contribution in [0.15, 0.2) is 24.3 Å². The van der Waals surface area contributed by atoms with Crippen LogP contribution < -0.4 is 20.7 Å². The fourth-order valence-corrected chi connectivity index (χ4v) is 5.15. The average Bonchev–Trinajstić information content (AvgIpc) is 3.18. The molecule has 2 aliphatic rings. The number of nitrogens with one attached hydrogen (secondary N) is 3. The summed E-state index contributed by atoms with van der Waals surface area (Å²) in [5, 5.41) is 9.42. The highest BCUT2D eigenvalue weighted by atomic mass is 32.2. The first-order chi connectivity index (χ1) is 12.7. The number of unbranched alkanes of at least 4 members (excludes halogenated alkanes) is 1. The maximum absolute atomic E-state index is 12.0. The molecule has 3 amide bonds. The number of para-hydroxylation sites is 1. The molecule has 0 saturated carbocycles. The van der Waals surface area contributed by atoms with Crippen LogP contribution in [0.4, 0.5) is 4.79 Å². The predicted octanol–water partition coefficient (Wildman–Crippen LogP) is 2.08. The normalized spacial score (nSPS) is 23.9. The third-order valence-corrected chi connectivity index (χ3v) is 6.50. The van der Waals surface area contributed by atoms with Gasteiger partial charge in [-0.1, -0.05) is 24.6 Å². The molecule has 1 aromatic carbocycles. The van der Waals surface area contributed by atoms with Crippen LogP contribution in [0.1, 0.15) is 31.2 Å². The highest BCUT2D eigenvalue weighted by Crippen LogP contribution is 2.33. The van der Waals surface area contributed by atoms with E-state index in [2.05, 4.69) is 16.0 Å². The van der Waals surface area contributed by atoms with E-state index in [9.17, 15) is 9.59 Å². The van der Waals surface area contributed by atoms with E-state index in [0.717, 1.165) is 42.7 Å². The molecule has 3 unspecified atom stereocenters. The van der Waals surface area contributed by atoms with Crippen molar-refractivity contribution >= 4 is 23.7 Å². The number of rotatable bonds is 9. The van der Waals surface area contributed by atoms with Crippen LogP contribution in [0.2, 0.25) is 0 Å². The zero-order chi connectivity index (χ0) is 18.4. The smallest absolute Gasteiger partial charge is 0.315 e. The Morgan fingerprint density at radius 2 is 2.15 bits per heavy atom. The lowest BCUT2D eigenvalue weighted by molar-refractivity contribution is -0.121. The van der Waals surface area contributed by atoms with Crippen LogP contribution in [0, 0.1) is 0 Å². The van der Waals surface area contributed by atoms with E-state index >= 15 is 0 Å².